The van der Waals surface area contributed by atoms with Crippen molar-refractivity contribution < 1.29 is 0 Å². The van der Waals surface area contributed by atoms with Gasteiger partial charge in [-0.25, -0.2) is 19.9 Å². The van der Waals surface area contributed by atoms with Crippen LogP contribution in [-0.4, -0.2) is 26.2 Å². The van der Waals surface area contributed by atoms with Crippen LogP contribution in [0.15, 0.2) is 22.4 Å². The van der Waals surface area contributed by atoms with E-state index in [0.29, 0.717) is 11.1 Å². The zero-order valence-electron chi connectivity index (χ0n) is 8.81. The average Bonchev–Trinajstić information content (AvgIpc) is 3.06. The highest BCUT2D eigenvalue weighted by Gasteiger charge is 2.19. The highest BCUT2D eigenvalue weighted by molar-refractivity contribution is 7.17. The molecule has 0 unspecified atom stereocenters. The molecule has 6 nitrogen and oxygen atoms in total. The minimum Gasteiger partial charge on any atom is -0.234 e. The quantitative estimate of drug-likeness (QED) is 0.609. The lowest BCUT2D eigenvalue weighted by Gasteiger charge is -1.97. The van der Waals surface area contributed by atoms with E-state index in [0.717, 1.165) is 20.5 Å². The summed E-state index contributed by atoms with van der Waals surface area (Å²) in [7, 11) is 0. The van der Waals surface area contributed by atoms with E-state index in [1.165, 1.54) is 29.0 Å². The predicted molar refractivity (Wildman–Crippen MR) is 68.8 cm³/mol. The summed E-state index contributed by atoms with van der Waals surface area (Å²) in [5, 5.41) is 7.96. The molecule has 4 rings (SSSR count). The van der Waals surface area contributed by atoms with Crippen molar-refractivity contribution in [2.24, 2.45) is 5.10 Å². The average molecular weight is 272 g/mol. The Labute approximate surface area is 108 Å². The van der Waals surface area contributed by atoms with Gasteiger partial charge < -0.3 is 0 Å². The van der Waals surface area contributed by atoms with Gasteiger partial charge in [-0.15, -0.1) is 22.7 Å². The number of aromatic nitrogens is 4. The molecule has 3 aromatic heterocycles. The van der Waals surface area contributed by atoms with Crippen molar-refractivity contribution in [3.05, 3.63) is 33.1 Å². The minimum atomic E-state index is 0.647. The monoisotopic (exact) mass is 272 g/mol. The summed E-state index contributed by atoms with van der Waals surface area (Å²) < 4.78 is 1.94. The molecular formula is C10H4N6S2+. The third-order valence-corrected chi connectivity index (χ3v) is 4.19. The van der Waals surface area contributed by atoms with Gasteiger partial charge in [0, 0.05) is 0 Å². The summed E-state index contributed by atoms with van der Waals surface area (Å²) in [5.74, 6) is 0. The highest BCUT2D eigenvalue weighted by Crippen LogP contribution is 2.22. The largest absolute Gasteiger partial charge is 0.288 e. The van der Waals surface area contributed by atoms with E-state index in [1.54, 1.807) is 17.2 Å². The molecule has 1 radical (unpaired) electrons. The van der Waals surface area contributed by atoms with Crippen LogP contribution in [0.5, 0.6) is 0 Å². The number of hydrogen-bond donors (Lipinski definition) is 0. The Morgan fingerprint density at radius 1 is 1.00 bits per heavy atom. The molecule has 4 heterocycles. The van der Waals surface area contributed by atoms with Crippen LogP contribution in [0, 0.1) is 0 Å². The smallest absolute Gasteiger partial charge is 0.234 e. The molecule has 18 heavy (non-hydrogen) atoms. The molecule has 0 bridgehead atoms. The fraction of sp³-hybridized carbons (Fsp3) is 0. The van der Waals surface area contributed by atoms with Gasteiger partial charge in [0.05, 0.1) is 30.9 Å². The van der Waals surface area contributed by atoms with E-state index < -0.39 is 0 Å². The third kappa shape index (κ3) is 1.33. The summed E-state index contributed by atoms with van der Waals surface area (Å²) in [5.41, 5.74) is 6.65. The van der Waals surface area contributed by atoms with Crippen molar-refractivity contribution in [2.45, 2.75) is 0 Å². The first-order chi connectivity index (χ1) is 8.93. The summed E-state index contributed by atoms with van der Waals surface area (Å²) >= 11 is 3.05. The van der Waals surface area contributed by atoms with Gasteiger partial charge in [0.1, 0.15) is 12.0 Å². The Balaban J connectivity index is 2.17. The van der Waals surface area contributed by atoms with Crippen molar-refractivity contribution >= 4 is 44.8 Å². The van der Waals surface area contributed by atoms with Crippen molar-refractivity contribution in [3.63, 3.8) is 0 Å². The van der Waals surface area contributed by atoms with Gasteiger partial charge in [-0.1, -0.05) is 0 Å². The van der Waals surface area contributed by atoms with E-state index >= 15 is 0 Å². The number of rotatable bonds is 1. The molecule has 0 aliphatic carbocycles. The van der Waals surface area contributed by atoms with E-state index in [1.807, 2.05) is 0 Å². The van der Waals surface area contributed by atoms with Crippen molar-refractivity contribution in [3.8, 4) is 0 Å². The SMILES string of the molecule is C1=[N+]N=c2ncsc2=C1c1ncnc2ncsc12. The van der Waals surface area contributed by atoms with Crippen LogP contribution in [0.3, 0.4) is 0 Å². The molecule has 1 aliphatic heterocycles. The molecule has 0 fully saturated rings. The minimum absolute atomic E-state index is 0.647. The van der Waals surface area contributed by atoms with E-state index in [-0.39, 0.29) is 0 Å². The first-order valence-electron chi connectivity index (χ1n) is 5.03. The molecule has 0 saturated heterocycles. The maximum absolute atomic E-state index is 4.35. The molecule has 0 amide bonds. The Morgan fingerprint density at radius 2 is 1.94 bits per heavy atom. The predicted octanol–water partition coefficient (Wildman–Crippen LogP) is -0.303. The normalized spacial score (nSPS) is 13.7. The molecular weight excluding hydrogens is 268 g/mol. The topological polar surface area (TPSA) is 78.0 Å². The first kappa shape index (κ1) is 9.92. The molecule has 8 heteroatoms. The molecule has 0 spiro atoms. The van der Waals surface area contributed by atoms with Crippen LogP contribution in [-0.2, 0) is 0 Å². The van der Waals surface area contributed by atoms with Gasteiger partial charge in [0.15, 0.2) is 5.65 Å². The lowest BCUT2D eigenvalue weighted by atomic mass is 10.2. The van der Waals surface area contributed by atoms with E-state index in [4.69, 9.17) is 0 Å². The third-order valence-electron chi connectivity index (χ3n) is 2.52. The lowest BCUT2D eigenvalue weighted by molar-refractivity contribution is 0.974. The Kier molecular flexibility index (Phi) is 2.05. The molecule has 85 valence electrons. The van der Waals surface area contributed by atoms with Gasteiger partial charge in [0.2, 0.25) is 10.6 Å². The van der Waals surface area contributed by atoms with Gasteiger partial charge in [-0.05, 0) is 0 Å². The van der Waals surface area contributed by atoms with E-state index in [2.05, 4.69) is 30.1 Å². The van der Waals surface area contributed by atoms with Crippen LogP contribution in [0.4, 0.5) is 0 Å². The molecule has 0 N–H and O–H groups in total. The number of nitrogens with zero attached hydrogens (tertiary/aromatic N) is 6. The number of fused-ring (bicyclic) bond motifs is 2. The molecule has 0 aromatic carbocycles. The maximum Gasteiger partial charge on any atom is 0.288 e. The lowest BCUT2D eigenvalue weighted by Crippen LogP contribution is -2.29. The maximum atomic E-state index is 4.35. The Bertz CT molecular complexity index is 890. The van der Waals surface area contributed by atoms with Gasteiger partial charge in [0.25, 0.3) is 6.21 Å². The van der Waals surface area contributed by atoms with Gasteiger partial charge >= 0.3 is 0 Å². The Hall–Kier alpha value is -2.06. The van der Waals surface area contributed by atoms with Crippen LogP contribution >= 0.6 is 22.7 Å². The van der Waals surface area contributed by atoms with Crippen molar-refractivity contribution in [2.75, 3.05) is 0 Å². The van der Waals surface area contributed by atoms with Crippen molar-refractivity contribution in [1.82, 2.24) is 25.0 Å². The van der Waals surface area contributed by atoms with Crippen LogP contribution in [0.2, 0.25) is 0 Å². The summed E-state index contributed by atoms with van der Waals surface area (Å²) in [6.45, 7) is 0. The molecule has 3 aromatic rings. The fourth-order valence-electron chi connectivity index (χ4n) is 1.75. The molecule has 0 saturated carbocycles. The Morgan fingerprint density at radius 3 is 2.94 bits per heavy atom. The van der Waals surface area contributed by atoms with Gasteiger partial charge in [-0.3, -0.25) is 0 Å². The van der Waals surface area contributed by atoms with Crippen LogP contribution in [0.1, 0.15) is 5.69 Å². The first-order valence-corrected chi connectivity index (χ1v) is 6.79. The van der Waals surface area contributed by atoms with Crippen LogP contribution < -0.4 is 15.1 Å². The summed E-state index contributed by atoms with van der Waals surface area (Å²) in [6.07, 6.45) is 3.23. The molecule has 1 aliphatic rings. The second-order valence-electron chi connectivity index (χ2n) is 3.49. The summed E-state index contributed by atoms with van der Waals surface area (Å²) in [6, 6.07) is 0. The number of thiazole rings is 2. The van der Waals surface area contributed by atoms with E-state index in [9.17, 15) is 0 Å². The highest BCUT2D eigenvalue weighted by atomic mass is 32.1. The number of hydrogen-bond acceptors (Lipinski definition) is 8. The standard InChI is InChI=1S/C10H4N6S2/c1-5(7-10(16-15-1)14-4-17-7)6-8-9(12-2-11-6)13-3-18-8/h1-4H/q+1. The fourth-order valence-corrected chi connectivity index (χ4v) is 3.23. The summed E-state index contributed by atoms with van der Waals surface area (Å²) in [4.78, 5) is 16.8. The zero-order valence-corrected chi connectivity index (χ0v) is 10.4. The molecule has 0 atom stereocenters. The van der Waals surface area contributed by atoms with Gasteiger partial charge in [-0.2, -0.15) is 0 Å². The second kappa shape index (κ2) is 3.72. The van der Waals surface area contributed by atoms with Crippen molar-refractivity contribution in [1.29, 1.82) is 0 Å². The second-order valence-corrected chi connectivity index (χ2v) is 5.20. The van der Waals surface area contributed by atoms with Crippen LogP contribution in [0.25, 0.3) is 15.9 Å². The zero-order chi connectivity index (χ0) is 11.9.